The lowest BCUT2D eigenvalue weighted by atomic mass is 9.48. The normalized spacial score (nSPS) is 35.0. The molecule has 0 spiro atoms. The summed E-state index contributed by atoms with van der Waals surface area (Å²) < 4.78 is 297. The predicted molar refractivity (Wildman–Crippen MR) is 362 cm³/mol. The lowest BCUT2D eigenvalue weighted by Crippen LogP contribution is -2.63. The lowest BCUT2D eigenvalue weighted by molar-refractivity contribution is -0.362. The van der Waals surface area contributed by atoms with E-state index in [0.29, 0.717) is 77.0 Å². The van der Waals surface area contributed by atoms with Gasteiger partial charge in [0.25, 0.3) is 0 Å². The van der Waals surface area contributed by atoms with E-state index in [1.54, 1.807) is 0 Å². The molecule has 16 aliphatic rings. The predicted octanol–water partition coefficient (Wildman–Crippen LogP) is 15.6. The van der Waals surface area contributed by atoms with Crippen LogP contribution in [0.15, 0.2) is 0 Å². The number of alkyl halides is 18. The highest BCUT2D eigenvalue weighted by Gasteiger charge is 2.75. The van der Waals surface area contributed by atoms with Crippen LogP contribution in [-0.2, 0) is 95.3 Å². The number of aliphatic hydroxyl groups is 1. The molecule has 666 valence electrons. The molecule has 21 nitrogen and oxygen atoms in total. The van der Waals surface area contributed by atoms with Gasteiger partial charge in [-0.25, -0.2) is 41.5 Å². The zero-order chi connectivity index (χ0) is 87.1. The molecule has 16 rings (SSSR count). The van der Waals surface area contributed by atoms with Gasteiger partial charge in [0.05, 0.1) is 54.7 Å². The number of hydrogen-bond acceptors (Lipinski definition) is 21. The fourth-order valence-electron chi connectivity index (χ4n) is 22.1. The van der Waals surface area contributed by atoms with Crippen molar-refractivity contribution < 1.29 is 179 Å². The summed E-state index contributed by atoms with van der Waals surface area (Å²) in [5, 5.41) is 10.8. The molecule has 1 heterocycles. The van der Waals surface area contributed by atoms with Gasteiger partial charge in [0.2, 0.25) is 0 Å². The van der Waals surface area contributed by atoms with E-state index in [4.69, 9.17) is 23.7 Å². The van der Waals surface area contributed by atoms with Gasteiger partial charge < -0.3 is 57.2 Å². The smallest absolute Gasteiger partial charge is 0.461 e. The highest BCUT2D eigenvalue weighted by molar-refractivity contribution is 5.88. The van der Waals surface area contributed by atoms with Crippen LogP contribution in [0.25, 0.3) is 0 Å². The summed E-state index contributed by atoms with van der Waals surface area (Å²) in [5.41, 5.74) is -5.08. The third kappa shape index (κ3) is 19.1. The first-order chi connectivity index (χ1) is 53.8. The third-order valence-corrected chi connectivity index (χ3v) is 26.9. The van der Waals surface area contributed by atoms with Crippen LogP contribution in [0.5, 0.6) is 0 Å². The van der Waals surface area contributed by atoms with E-state index in [1.807, 2.05) is 13.8 Å². The average Bonchev–Trinajstić information content (AvgIpc) is 1.14. The number of esters is 9. The first-order valence-electron chi connectivity index (χ1n) is 40.0. The largest absolute Gasteiger partial charge is 0.468 e. The van der Waals surface area contributed by atoms with Crippen LogP contribution in [0.2, 0.25) is 0 Å². The summed E-state index contributed by atoms with van der Waals surface area (Å²) in [5.74, 6) is -46.7. The number of halogens is 18. The number of hydrogen-bond donors (Lipinski definition) is 1. The molecule has 10 unspecified atom stereocenters. The van der Waals surface area contributed by atoms with Crippen molar-refractivity contribution in [2.24, 2.45) is 87.8 Å². The second-order valence-electron chi connectivity index (χ2n) is 35.7. The number of rotatable bonds is 27. The molecule has 0 aromatic rings. The highest BCUT2D eigenvalue weighted by Crippen LogP contribution is 2.66. The van der Waals surface area contributed by atoms with Gasteiger partial charge in [-0.3, -0.25) is 19.2 Å². The Bertz CT molecular complexity index is 3580. The van der Waals surface area contributed by atoms with Crippen LogP contribution in [0.1, 0.15) is 222 Å². The van der Waals surface area contributed by atoms with Crippen molar-refractivity contribution in [2.45, 2.75) is 311 Å². The quantitative estimate of drug-likeness (QED) is 0.0346. The van der Waals surface area contributed by atoms with Crippen LogP contribution < -0.4 is 0 Å². The zero-order valence-corrected chi connectivity index (χ0v) is 66.0. The van der Waals surface area contributed by atoms with Gasteiger partial charge in [-0.15, -0.1) is 0 Å². The Labute approximate surface area is 662 Å². The average molecular weight is 1720 g/mol. The molecule has 16 fully saturated rings. The Morgan fingerprint density at radius 1 is 0.487 bits per heavy atom. The van der Waals surface area contributed by atoms with Gasteiger partial charge in [-0.1, -0.05) is 13.3 Å². The molecule has 1 aliphatic heterocycles. The second kappa shape index (κ2) is 33.2. The van der Waals surface area contributed by atoms with Crippen molar-refractivity contribution in [3.63, 3.8) is 0 Å². The molecule has 1 saturated heterocycles. The van der Waals surface area contributed by atoms with Gasteiger partial charge in [-0.2, -0.15) is 61.5 Å². The number of fused-ring (bicyclic) bond motifs is 1. The molecule has 15 saturated carbocycles. The summed E-state index contributed by atoms with van der Waals surface area (Å²) in [7, 11) is 0. The summed E-state index contributed by atoms with van der Waals surface area (Å²) in [6.45, 7) is 1.74. The van der Waals surface area contributed by atoms with E-state index in [-0.39, 0.29) is 68.6 Å². The van der Waals surface area contributed by atoms with E-state index < -0.39 is 217 Å². The lowest BCUT2D eigenvalue weighted by Gasteiger charge is -2.59. The maximum atomic E-state index is 14.1. The molecule has 1 N–H and O–H groups in total. The minimum Gasteiger partial charge on any atom is -0.461 e. The van der Waals surface area contributed by atoms with Crippen molar-refractivity contribution in [3.05, 3.63) is 0 Å². The topological polar surface area (TPSA) is 275 Å². The van der Waals surface area contributed by atoms with Crippen molar-refractivity contribution in [2.75, 3.05) is 33.0 Å². The molecular weight excluding hydrogens is 1610 g/mol. The van der Waals surface area contributed by atoms with Gasteiger partial charge >= 0.3 is 113 Å². The molecule has 15 aliphatic carbocycles. The highest BCUT2D eigenvalue weighted by atomic mass is 19.4. The van der Waals surface area contributed by atoms with Gasteiger partial charge in [-0.05, 0) is 222 Å². The summed E-state index contributed by atoms with van der Waals surface area (Å²) in [6.07, 6.45) is -0.586. The van der Waals surface area contributed by atoms with Crippen LogP contribution in [0.4, 0.5) is 79.0 Å². The van der Waals surface area contributed by atoms with E-state index in [0.717, 1.165) is 95.8 Å². The van der Waals surface area contributed by atoms with Crippen molar-refractivity contribution in [1.29, 1.82) is 0 Å². The van der Waals surface area contributed by atoms with Crippen molar-refractivity contribution >= 4 is 53.7 Å². The monoisotopic (exact) mass is 1720 g/mol. The molecule has 39 heteroatoms. The Balaban J connectivity index is 0.000000166. The van der Waals surface area contributed by atoms with Crippen LogP contribution in [0.3, 0.4) is 0 Å². The minimum absolute atomic E-state index is 0.0948. The maximum Gasteiger partial charge on any atom is 0.468 e. The maximum absolute atomic E-state index is 14.1. The molecule has 0 aromatic carbocycles. The van der Waals surface area contributed by atoms with E-state index in [9.17, 15) is 127 Å². The fraction of sp³-hybridized carbons (Fsp3) is 0.885. The SMILES string of the molecule is CC(F)(F)C(=O)OCC(=O)OC1(C)C2CC3CC(C2)CC1C3.CCC1(OC(=O)C2C3CC4C(OC(=O)C42)C3OC(=O)C(C)(F)F)CCCCC1.CCOC(=O)C(OCCC(F)(F)C(C)(F)F)(OC(=O)C12CC3CC(CC(C3)C1)C2)C(F)(F)F.CCOC(=O)C(OCCC(F)(F)C(C)(F)F)(OC(=O)C12CC3CC(CC(O)(C3)C1)C2)C(F)(F)F. The van der Waals surface area contributed by atoms with Crippen LogP contribution >= 0.6 is 0 Å². The fourth-order valence-corrected chi connectivity index (χ4v) is 22.1. The molecule has 0 amide bonds. The van der Waals surface area contributed by atoms with E-state index in [2.05, 4.69) is 28.4 Å². The first kappa shape index (κ1) is 93.1. The Morgan fingerprint density at radius 3 is 1.31 bits per heavy atom. The third-order valence-electron chi connectivity index (χ3n) is 26.9. The second-order valence-corrected chi connectivity index (χ2v) is 35.7. The summed E-state index contributed by atoms with van der Waals surface area (Å²) >= 11 is 0. The summed E-state index contributed by atoms with van der Waals surface area (Å²) in [6, 6.07) is 0. The summed E-state index contributed by atoms with van der Waals surface area (Å²) in [4.78, 5) is 111. The molecule has 117 heavy (non-hydrogen) atoms. The zero-order valence-electron chi connectivity index (χ0n) is 66.0. The van der Waals surface area contributed by atoms with Crippen LogP contribution in [-0.4, -0.2) is 180 Å². The number of carbonyl (C=O) groups excluding carboxylic acids is 9. The van der Waals surface area contributed by atoms with Gasteiger partial charge in [0, 0.05) is 52.4 Å². The Morgan fingerprint density at radius 2 is 0.906 bits per heavy atom. The molecule has 0 radical (unpaired) electrons. The van der Waals surface area contributed by atoms with Gasteiger partial charge in [0.15, 0.2) is 6.61 Å². The number of ether oxygens (including phenoxy) is 11. The number of carbonyl (C=O) groups is 9. The molecule has 0 aromatic heterocycles. The van der Waals surface area contributed by atoms with Crippen molar-refractivity contribution in [1.82, 2.24) is 0 Å². The van der Waals surface area contributed by atoms with E-state index in [1.165, 1.54) is 13.3 Å². The molecular formula is C78H102F18O21. The Kier molecular flexibility index (Phi) is 26.5. The molecule has 10 atom stereocenters. The van der Waals surface area contributed by atoms with Crippen molar-refractivity contribution in [3.8, 4) is 0 Å². The molecule has 14 bridgehead atoms. The van der Waals surface area contributed by atoms with E-state index >= 15 is 0 Å². The standard InChI is InChI=1S/C21H27F7O6.C21H27F7O5.C20H26F2O6.C16H22F2O4/c1-3-32-15(30)20(21(26,27)28,33-5-4-19(24,25)16(2,22)23)34-14(29)17-7-12-6-13(8-17)10-18(31,9-12)11-17;1-3-31-16(30)20(21(26,27)28,32-5-4-19(24,25)17(2,22)23)33-15(29)18-9-12-6-13(10-18)8-14(7-12)11-18;1-3-20(7-5-4-6-8-20)28-17(24)13-11-9-10-12(13)16(23)26-14(10)15(11)27-18(25)19(2,21)22;1-15(22-13(19)8-21-14(20)16(2,17)18)11-4-9-3-10(6-11)7-12(15)5-9/h12-13,31H,3-11H2,1-2H3;12-14H,3-11H2,1-2H3;10-15H,3-9H2,1-2H3;9-12H,3-8H2,1-2H3. The van der Waals surface area contributed by atoms with Crippen LogP contribution in [0, 0.1) is 87.8 Å². The van der Waals surface area contributed by atoms with Gasteiger partial charge in [0.1, 0.15) is 23.4 Å². The Hall–Kier alpha value is -6.15. The first-order valence-corrected chi connectivity index (χ1v) is 40.0. The minimum atomic E-state index is -5.78.